The lowest BCUT2D eigenvalue weighted by Gasteiger charge is -2.35. The summed E-state index contributed by atoms with van der Waals surface area (Å²) >= 11 is 0. The predicted molar refractivity (Wildman–Crippen MR) is 62.1 cm³/mol. The number of carboxylic acid groups (broad SMARTS) is 2. The Kier molecular flexibility index (Phi) is 5.55. The number of carbonyl (C=O) groups is 2. The maximum atomic E-state index is 11.1. The van der Waals surface area contributed by atoms with Crippen molar-refractivity contribution in [1.82, 2.24) is 0 Å². The van der Waals surface area contributed by atoms with E-state index in [4.69, 9.17) is 14.9 Å². The van der Waals surface area contributed by atoms with Crippen LogP contribution in [0.15, 0.2) is 0 Å². The van der Waals surface area contributed by atoms with Crippen molar-refractivity contribution in [3.8, 4) is 0 Å². The molecule has 1 rings (SSSR count). The Morgan fingerprint density at radius 1 is 1.17 bits per heavy atom. The van der Waals surface area contributed by atoms with Gasteiger partial charge in [-0.3, -0.25) is 9.59 Å². The van der Waals surface area contributed by atoms with Gasteiger partial charge in [0.2, 0.25) is 0 Å². The third kappa shape index (κ3) is 3.68. The van der Waals surface area contributed by atoms with E-state index in [-0.39, 0.29) is 12.8 Å². The average Bonchev–Trinajstić information content (AvgIpc) is 2.30. The van der Waals surface area contributed by atoms with E-state index in [9.17, 15) is 14.7 Å². The summed E-state index contributed by atoms with van der Waals surface area (Å²) < 4.78 is 5.44. The lowest BCUT2D eigenvalue weighted by molar-refractivity contribution is -0.165. The first-order valence-electron chi connectivity index (χ1n) is 6.22. The van der Waals surface area contributed by atoms with Gasteiger partial charge in [0.15, 0.2) is 0 Å². The van der Waals surface area contributed by atoms with Gasteiger partial charge in [0.1, 0.15) is 0 Å². The first-order chi connectivity index (χ1) is 8.47. The number of carboxylic acids is 2. The molecule has 0 spiro atoms. The molecule has 0 aromatic carbocycles. The second kappa shape index (κ2) is 6.70. The van der Waals surface area contributed by atoms with E-state index in [0.717, 1.165) is 12.8 Å². The molecule has 0 aromatic heterocycles. The van der Waals surface area contributed by atoms with Gasteiger partial charge in [-0.1, -0.05) is 13.3 Å². The van der Waals surface area contributed by atoms with Crippen LogP contribution in [0, 0.1) is 11.8 Å². The van der Waals surface area contributed by atoms with E-state index in [2.05, 4.69) is 0 Å². The molecule has 1 fully saturated rings. The van der Waals surface area contributed by atoms with Crippen LogP contribution in [0.3, 0.4) is 0 Å². The Morgan fingerprint density at radius 2 is 1.72 bits per heavy atom. The van der Waals surface area contributed by atoms with Crippen LogP contribution >= 0.6 is 0 Å². The highest BCUT2D eigenvalue weighted by molar-refractivity contribution is 5.80. The Labute approximate surface area is 106 Å². The Hall–Kier alpha value is -1.14. The largest absolute Gasteiger partial charge is 0.481 e. The number of hydrogen-bond acceptors (Lipinski definition) is 4. The second-order valence-corrected chi connectivity index (χ2v) is 4.69. The number of aliphatic hydroxyl groups is 1. The highest BCUT2D eigenvalue weighted by atomic mass is 16.5. The summed E-state index contributed by atoms with van der Waals surface area (Å²) in [5.41, 5.74) is 0. The number of ether oxygens (including phenoxy) is 1. The Bertz CT molecular complexity index is 303. The number of unbranched alkanes of at least 4 members (excludes halogenated alkanes) is 1. The summed E-state index contributed by atoms with van der Waals surface area (Å²) in [5.74, 6) is -4.34. The topological polar surface area (TPSA) is 104 Å². The van der Waals surface area contributed by atoms with Crippen LogP contribution in [0.4, 0.5) is 0 Å². The first-order valence-corrected chi connectivity index (χ1v) is 6.22. The molecule has 6 nitrogen and oxygen atoms in total. The lowest BCUT2D eigenvalue weighted by atomic mass is 9.76. The Morgan fingerprint density at radius 3 is 2.22 bits per heavy atom. The molecule has 0 radical (unpaired) electrons. The van der Waals surface area contributed by atoms with Gasteiger partial charge in [-0.15, -0.1) is 0 Å². The third-order valence-electron chi connectivity index (χ3n) is 3.36. The first kappa shape index (κ1) is 14.9. The molecule has 0 bridgehead atoms. The summed E-state index contributed by atoms with van der Waals surface area (Å²) in [6, 6.07) is 0. The predicted octanol–water partition coefficient (Wildman–Crippen LogP) is 0.728. The lowest BCUT2D eigenvalue weighted by Crippen LogP contribution is -2.46. The minimum absolute atomic E-state index is 0.0528. The van der Waals surface area contributed by atoms with Crippen LogP contribution in [0.25, 0.3) is 0 Å². The van der Waals surface area contributed by atoms with Crippen molar-refractivity contribution in [1.29, 1.82) is 0 Å². The van der Waals surface area contributed by atoms with Crippen molar-refractivity contribution in [3.05, 3.63) is 0 Å². The van der Waals surface area contributed by atoms with Gasteiger partial charge in [0.05, 0.1) is 24.0 Å². The summed E-state index contributed by atoms with van der Waals surface area (Å²) in [7, 11) is 0. The molecule has 1 aliphatic carbocycles. The molecular weight excluding hydrogens is 240 g/mol. The Balaban J connectivity index is 2.64. The number of hydrogen-bond donors (Lipinski definition) is 3. The van der Waals surface area contributed by atoms with Crippen molar-refractivity contribution >= 4 is 11.9 Å². The fourth-order valence-corrected chi connectivity index (χ4v) is 2.25. The zero-order valence-electron chi connectivity index (χ0n) is 10.4. The van der Waals surface area contributed by atoms with Gasteiger partial charge >= 0.3 is 11.9 Å². The molecule has 104 valence electrons. The normalized spacial score (nSPS) is 32.1. The molecule has 6 heteroatoms. The molecule has 0 aromatic rings. The van der Waals surface area contributed by atoms with Crippen molar-refractivity contribution in [2.45, 2.75) is 44.8 Å². The van der Waals surface area contributed by atoms with Gasteiger partial charge in [-0.05, 0) is 19.3 Å². The molecule has 1 aliphatic rings. The van der Waals surface area contributed by atoms with E-state index < -0.39 is 36.0 Å². The SMILES string of the molecule is CCCCO[C@H]1C[C@H](C(=O)O)[C@@H](C(=O)O)C[C@@H]1O. The van der Waals surface area contributed by atoms with Gasteiger partial charge in [0, 0.05) is 6.61 Å². The highest BCUT2D eigenvalue weighted by Gasteiger charge is 2.44. The second-order valence-electron chi connectivity index (χ2n) is 4.69. The van der Waals surface area contributed by atoms with Crippen LogP contribution in [-0.4, -0.2) is 46.1 Å². The molecule has 18 heavy (non-hydrogen) atoms. The van der Waals surface area contributed by atoms with Crippen molar-refractivity contribution in [2.75, 3.05) is 6.61 Å². The fraction of sp³-hybridized carbons (Fsp3) is 0.833. The van der Waals surface area contributed by atoms with E-state index >= 15 is 0 Å². The minimum atomic E-state index is -1.17. The van der Waals surface area contributed by atoms with Gasteiger partial charge in [0.25, 0.3) is 0 Å². The fourth-order valence-electron chi connectivity index (χ4n) is 2.25. The molecule has 0 amide bonds. The molecule has 4 atom stereocenters. The number of aliphatic hydroxyl groups excluding tert-OH is 1. The van der Waals surface area contributed by atoms with Crippen molar-refractivity contribution in [2.24, 2.45) is 11.8 Å². The summed E-state index contributed by atoms with van der Waals surface area (Å²) in [6.45, 7) is 2.46. The smallest absolute Gasteiger partial charge is 0.307 e. The van der Waals surface area contributed by atoms with Crippen LogP contribution in [0.2, 0.25) is 0 Å². The number of rotatable bonds is 6. The van der Waals surface area contributed by atoms with E-state index in [0.29, 0.717) is 6.61 Å². The molecule has 0 unspecified atom stereocenters. The molecular formula is C12H20O6. The molecule has 0 heterocycles. The summed E-state index contributed by atoms with van der Waals surface area (Å²) in [5, 5.41) is 27.8. The van der Waals surface area contributed by atoms with Gasteiger partial charge in [-0.2, -0.15) is 0 Å². The van der Waals surface area contributed by atoms with Crippen LogP contribution in [0.5, 0.6) is 0 Å². The van der Waals surface area contributed by atoms with Crippen molar-refractivity contribution < 1.29 is 29.6 Å². The maximum absolute atomic E-state index is 11.1. The maximum Gasteiger partial charge on any atom is 0.307 e. The third-order valence-corrected chi connectivity index (χ3v) is 3.36. The highest BCUT2D eigenvalue weighted by Crippen LogP contribution is 2.32. The molecule has 0 aliphatic heterocycles. The van der Waals surface area contributed by atoms with Crippen molar-refractivity contribution in [3.63, 3.8) is 0 Å². The summed E-state index contributed by atoms with van der Waals surface area (Å²) in [4.78, 5) is 22.0. The average molecular weight is 260 g/mol. The quantitative estimate of drug-likeness (QED) is 0.608. The van der Waals surface area contributed by atoms with E-state index in [1.165, 1.54) is 0 Å². The zero-order chi connectivity index (χ0) is 13.7. The standard InChI is InChI=1S/C12H20O6/c1-2-3-4-18-10-6-8(12(16)17)7(11(14)15)5-9(10)13/h7-10,13H,2-6H2,1H3,(H,14,15)(H,16,17)/t7-,8-,9-,10-/m0/s1. The van der Waals surface area contributed by atoms with E-state index in [1.807, 2.05) is 6.92 Å². The molecule has 1 saturated carbocycles. The summed E-state index contributed by atoms with van der Waals surface area (Å²) in [6.07, 6.45) is 0.291. The molecule has 3 N–H and O–H groups in total. The van der Waals surface area contributed by atoms with Crippen LogP contribution < -0.4 is 0 Å². The monoisotopic (exact) mass is 260 g/mol. The zero-order valence-corrected chi connectivity index (χ0v) is 10.4. The van der Waals surface area contributed by atoms with E-state index in [1.54, 1.807) is 0 Å². The van der Waals surface area contributed by atoms with Crippen LogP contribution in [0.1, 0.15) is 32.6 Å². The van der Waals surface area contributed by atoms with Gasteiger partial charge < -0.3 is 20.1 Å². The minimum Gasteiger partial charge on any atom is -0.481 e. The van der Waals surface area contributed by atoms with Crippen LogP contribution in [-0.2, 0) is 14.3 Å². The van der Waals surface area contributed by atoms with Gasteiger partial charge in [-0.25, -0.2) is 0 Å². The molecule has 0 saturated heterocycles. The number of aliphatic carboxylic acids is 2.